The maximum atomic E-state index is 12.5. The lowest BCUT2D eigenvalue weighted by Gasteiger charge is -2.29. The van der Waals surface area contributed by atoms with Crippen molar-refractivity contribution in [1.82, 2.24) is 14.5 Å². The van der Waals surface area contributed by atoms with E-state index in [2.05, 4.69) is 22.1 Å². The van der Waals surface area contributed by atoms with Crippen LogP contribution in [0.2, 0.25) is 0 Å². The minimum atomic E-state index is -0.128. The second-order valence-corrected chi connectivity index (χ2v) is 8.68. The van der Waals surface area contributed by atoms with E-state index < -0.39 is 0 Å². The van der Waals surface area contributed by atoms with Gasteiger partial charge < -0.3 is 9.88 Å². The predicted molar refractivity (Wildman–Crippen MR) is 109 cm³/mol. The van der Waals surface area contributed by atoms with Crippen molar-refractivity contribution < 1.29 is 4.79 Å². The largest absolute Gasteiger partial charge is 0.340 e. The summed E-state index contributed by atoms with van der Waals surface area (Å²) in [5, 5.41) is 3.56. The van der Waals surface area contributed by atoms with E-state index >= 15 is 0 Å². The standard InChI is InChI=1S/C20H28N4O2S/c1-13-5-7-23(8-6-13)11-18-16(4)21-20(27-18)22-19(26)12-24-14(2)9-17(25)10-15(24)3/h9-10,13H,5-8,11-12H2,1-4H3,(H,21,22,26). The van der Waals surface area contributed by atoms with Crippen LogP contribution < -0.4 is 10.7 Å². The number of pyridine rings is 1. The zero-order valence-electron chi connectivity index (χ0n) is 16.5. The highest BCUT2D eigenvalue weighted by atomic mass is 32.1. The monoisotopic (exact) mass is 388 g/mol. The Bertz CT molecular complexity index is 852. The van der Waals surface area contributed by atoms with E-state index in [0.29, 0.717) is 5.13 Å². The fourth-order valence-electron chi connectivity index (χ4n) is 3.49. The van der Waals surface area contributed by atoms with Gasteiger partial charge in [0.1, 0.15) is 6.54 Å². The molecule has 146 valence electrons. The Kier molecular flexibility index (Phi) is 6.11. The predicted octanol–water partition coefficient (Wildman–Crippen LogP) is 3.10. The Labute approximate surface area is 164 Å². The van der Waals surface area contributed by atoms with Crippen LogP contribution >= 0.6 is 11.3 Å². The molecule has 0 radical (unpaired) electrons. The number of carbonyl (C=O) groups is 1. The summed E-state index contributed by atoms with van der Waals surface area (Å²) in [6.07, 6.45) is 2.50. The van der Waals surface area contributed by atoms with Gasteiger partial charge in [0, 0.05) is 34.9 Å². The SMILES string of the molecule is Cc1nc(NC(=O)Cn2c(C)cc(=O)cc2C)sc1CN1CCC(C)CC1. The third-order valence-corrected chi connectivity index (χ3v) is 6.30. The Morgan fingerprint density at radius 3 is 2.48 bits per heavy atom. The quantitative estimate of drug-likeness (QED) is 0.855. The van der Waals surface area contributed by atoms with E-state index in [-0.39, 0.29) is 17.9 Å². The molecule has 0 bridgehead atoms. The third kappa shape index (κ3) is 5.05. The molecule has 2 aromatic heterocycles. The zero-order valence-corrected chi connectivity index (χ0v) is 17.4. The molecular weight excluding hydrogens is 360 g/mol. The van der Waals surface area contributed by atoms with Gasteiger partial charge in [0.2, 0.25) is 5.91 Å². The number of rotatable bonds is 5. The van der Waals surface area contributed by atoms with Gasteiger partial charge in [-0.25, -0.2) is 4.98 Å². The molecule has 1 amide bonds. The first-order valence-electron chi connectivity index (χ1n) is 9.48. The minimum Gasteiger partial charge on any atom is -0.340 e. The van der Waals surface area contributed by atoms with Crippen LogP contribution in [0.15, 0.2) is 16.9 Å². The molecular formula is C20H28N4O2S. The summed E-state index contributed by atoms with van der Waals surface area (Å²) < 4.78 is 1.84. The van der Waals surface area contributed by atoms with Gasteiger partial charge in [0.25, 0.3) is 0 Å². The number of likely N-dealkylation sites (tertiary alicyclic amines) is 1. The molecule has 1 aliphatic rings. The van der Waals surface area contributed by atoms with Gasteiger partial charge in [-0.15, -0.1) is 11.3 Å². The molecule has 0 spiro atoms. The number of aryl methyl sites for hydroxylation is 3. The fraction of sp³-hybridized carbons (Fsp3) is 0.550. The number of nitrogens with zero attached hydrogens (tertiary/aromatic N) is 3. The Morgan fingerprint density at radius 1 is 1.22 bits per heavy atom. The highest BCUT2D eigenvalue weighted by Gasteiger charge is 2.19. The van der Waals surface area contributed by atoms with Crippen molar-refractivity contribution in [3.05, 3.63) is 44.3 Å². The molecule has 0 aliphatic carbocycles. The van der Waals surface area contributed by atoms with Crippen LogP contribution in [-0.2, 0) is 17.9 Å². The van der Waals surface area contributed by atoms with E-state index in [9.17, 15) is 9.59 Å². The molecule has 1 saturated heterocycles. The lowest BCUT2D eigenvalue weighted by molar-refractivity contribution is -0.116. The van der Waals surface area contributed by atoms with Gasteiger partial charge in [-0.1, -0.05) is 6.92 Å². The number of aromatic nitrogens is 2. The van der Waals surface area contributed by atoms with Gasteiger partial charge in [-0.05, 0) is 52.6 Å². The smallest absolute Gasteiger partial charge is 0.246 e. The van der Waals surface area contributed by atoms with Crippen LogP contribution in [0.1, 0.15) is 41.7 Å². The Hall–Kier alpha value is -1.99. The summed E-state index contributed by atoms with van der Waals surface area (Å²) in [4.78, 5) is 32.2. The van der Waals surface area contributed by atoms with Crippen LogP contribution in [0.5, 0.6) is 0 Å². The number of anilines is 1. The van der Waals surface area contributed by atoms with Crippen molar-refractivity contribution in [3.63, 3.8) is 0 Å². The average Bonchev–Trinajstić information content (AvgIpc) is 2.92. The maximum Gasteiger partial charge on any atom is 0.246 e. The number of carbonyl (C=O) groups excluding carboxylic acids is 1. The van der Waals surface area contributed by atoms with E-state index in [1.54, 1.807) is 23.5 Å². The summed E-state index contributed by atoms with van der Waals surface area (Å²) in [7, 11) is 0. The van der Waals surface area contributed by atoms with Crippen LogP contribution in [0, 0.1) is 26.7 Å². The van der Waals surface area contributed by atoms with Crippen molar-refractivity contribution >= 4 is 22.4 Å². The third-order valence-electron chi connectivity index (χ3n) is 5.24. The average molecular weight is 389 g/mol. The van der Waals surface area contributed by atoms with Crippen molar-refractivity contribution in [2.45, 2.75) is 53.6 Å². The summed E-state index contributed by atoms with van der Waals surface area (Å²) in [6, 6.07) is 3.09. The second kappa shape index (κ2) is 8.35. The Morgan fingerprint density at radius 2 is 1.85 bits per heavy atom. The number of piperidine rings is 1. The van der Waals surface area contributed by atoms with E-state index in [1.165, 1.54) is 17.7 Å². The first-order valence-corrected chi connectivity index (χ1v) is 10.3. The summed E-state index contributed by atoms with van der Waals surface area (Å²) in [5.74, 6) is 0.690. The van der Waals surface area contributed by atoms with Crippen LogP contribution in [-0.4, -0.2) is 33.4 Å². The molecule has 0 saturated carbocycles. The number of nitrogens with one attached hydrogen (secondary N) is 1. The molecule has 1 fully saturated rings. The van der Waals surface area contributed by atoms with Crippen LogP contribution in [0.4, 0.5) is 5.13 Å². The van der Waals surface area contributed by atoms with Crippen molar-refractivity contribution in [3.8, 4) is 0 Å². The van der Waals surface area contributed by atoms with E-state index in [1.807, 2.05) is 25.3 Å². The van der Waals surface area contributed by atoms with E-state index in [0.717, 1.165) is 42.6 Å². The lowest BCUT2D eigenvalue weighted by Crippen LogP contribution is -2.32. The number of thiazole rings is 1. The molecule has 7 heteroatoms. The molecule has 2 aromatic rings. The summed E-state index contributed by atoms with van der Waals surface area (Å²) in [5.41, 5.74) is 2.52. The molecule has 1 aliphatic heterocycles. The maximum absolute atomic E-state index is 12.5. The topological polar surface area (TPSA) is 67.2 Å². The molecule has 0 atom stereocenters. The Balaban J connectivity index is 1.63. The highest BCUT2D eigenvalue weighted by molar-refractivity contribution is 7.15. The normalized spacial score (nSPS) is 15.9. The van der Waals surface area contributed by atoms with Crippen LogP contribution in [0.3, 0.4) is 0 Å². The molecule has 1 N–H and O–H groups in total. The summed E-state index contributed by atoms with van der Waals surface area (Å²) >= 11 is 1.56. The molecule has 0 aromatic carbocycles. The van der Waals surface area contributed by atoms with E-state index in [4.69, 9.17) is 0 Å². The zero-order chi connectivity index (χ0) is 19.6. The van der Waals surface area contributed by atoms with Gasteiger partial charge in [0.15, 0.2) is 10.6 Å². The lowest BCUT2D eigenvalue weighted by atomic mass is 9.99. The van der Waals surface area contributed by atoms with Gasteiger partial charge in [0.05, 0.1) is 5.69 Å². The highest BCUT2D eigenvalue weighted by Crippen LogP contribution is 2.26. The fourth-order valence-corrected chi connectivity index (χ4v) is 4.51. The van der Waals surface area contributed by atoms with Gasteiger partial charge in [-0.3, -0.25) is 14.5 Å². The molecule has 3 heterocycles. The number of amides is 1. The molecule has 27 heavy (non-hydrogen) atoms. The van der Waals surface area contributed by atoms with Crippen molar-refractivity contribution in [2.24, 2.45) is 5.92 Å². The summed E-state index contributed by atoms with van der Waals surface area (Å²) in [6.45, 7) is 11.3. The van der Waals surface area contributed by atoms with Crippen LogP contribution in [0.25, 0.3) is 0 Å². The van der Waals surface area contributed by atoms with Crippen molar-refractivity contribution in [1.29, 1.82) is 0 Å². The minimum absolute atomic E-state index is 0.0334. The molecule has 0 unspecified atom stereocenters. The van der Waals surface area contributed by atoms with Gasteiger partial charge in [-0.2, -0.15) is 0 Å². The van der Waals surface area contributed by atoms with Crippen molar-refractivity contribution in [2.75, 3.05) is 18.4 Å². The second-order valence-electron chi connectivity index (χ2n) is 7.59. The number of hydrogen-bond acceptors (Lipinski definition) is 5. The first-order chi connectivity index (χ1) is 12.8. The first kappa shape index (κ1) is 19.8. The number of hydrogen-bond donors (Lipinski definition) is 1. The van der Waals surface area contributed by atoms with Gasteiger partial charge >= 0.3 is 0 Å². The molecule has 6 nitrogen and oxygen atoms in total. The molecule has 3 rings (SSSR count).